The van der Waals surface area contributed by atoms with Crippen molar-refractivity contribution in [2.24, 2.45) is 11.8 Å². The van der Waals surface area contributed by atoms with E-state index in [2.05, 4.69) is 10.6 Å². The molecule has 5 N–H and O–H groups in total. The zero-order valence-corrected chi connectivity index (χ0v) is 17.9. The summed E-state index contributed by atoms with van der Waals surface area (Å²) in [5.74, 6) is -1.11. The van der Waals surface area contributed by atoms with Crippen molar-refractivity contribution in [3.63, 3.8) is 0 Å². The van der Waals surface area contributed by atoms with E-state index in [0.29, 0.717) is 12.0 Å². The van der Waals surface area contributed by atoms with Crippen LogP contribution in [0, 0.1) is 11.8 Å². The summed E-state index contributed by atoms with van der Waals surface area (Å²) < 4.78 is 0. The fourth-order valence-corrected chi connectivity index (χ4v) is 4.05. The number of carbonyl (C=O) groups is 2. The van der Waals surface area contributed by atoms with Crippen LogP contribution in [0.3, 0.4) is 0 Å². The van der Waals surface area contributed by atoms with Crippen LogP contribution in [0.1, 0.15) is 37.6 Å². The van der Waals surface area contributed by atoms with Crippen LogP contribution in [0.25, 0.3) is 11.1 Å². The van der Waals surface area contributed by atoms with Gasteiger partial charge in [0.25, 0.3) is 5.91 Å². The lowest BCUT2D eigenvalue weighted by molar-refractivity contribution is -0.126. The number of hydrogen-bond acceptors (Lipinski definition) is 5. The van der Waals surface area contributed by atoms with Gasteiger partial charge in [-0.25, -0.2) is 0 Å². The van der Waals surface area contributed by atoms with E-state index in [9.17, 15) is 24.7 Å². The molecule has 0 spiro atoms. The van der Waals surface area contributed by atoms with Crippen LogP contribution in [0.4, 0.5) is 0 Å². The number of benzene rings is 2. The van der Waals surface area contributed by atoms with Gasteiger partial charge >= 0.3 is 7.12 Å². The molecule has 3 rings (SSSR count). The molecule has 1 saturated carbocycles. The number of amides is 2. The summed E-state index contributed by atoms with van der Waals surface area (Å²) >= 11 is 0. The molecule has 1 fully saturated rings. The maximum atomic E-state index is 12.9. The van der Waals surface area contributed by atoms with Crippen molar-refractivity contribution < 1.29 is 24.7 Å². The van der Waals surface area contributed by atoms with Gasteiger partial charge < -0.3 is 25.8 Å². The third-order valence-electron chi connectivity index (χ3n) is 5.96. The van der Waals surface area contributed by atoms with Crippen molar-refractivity contribution in [1.29, 1.82) is 0 Å². The summed E-state index contributed by atoms with van der Waals surface area (Å²) in [7, 11) is -1.73. The van der Waals surface area contributed by atoms with Crippen LogP contribution in [-0.4, -0.2) is 51.7 Å². The molecule has 31 heavy (non-hydrogen) atoms. The fraction of sp³-hybridized carbons (Fsp3) is 0.391. The van der Waals surface area contributed by atoms with Gasteiger partial charge in [-0.3, -0.25) is 9.59 Å². The third-order valence-corrected chi connectivity index (χ3v) is 5.96. The van der Waals surface area contributed by atoms with E-state index >= 15 is 0 Å². The van der Waals surface area contributed by atoms with E-state index in [0.717, 1.165) is 11.1 Å². The number of rotatable bonds is 8. The van der Waals surface area contributed by atoms with E-state index in [1.165, 1.54) is 6.92 Å². The van der Waals surface area contributed by atoms with Crippen LogP contribution < -0.4 is 10.6 Å². The van der Waals surface area contributed by atoms with Gasteiger partial charge in [-0.2, -0.15) is 0 Å². The zero-order valence-electron chi connectivity index (χ0n) is 17.9. The highest BCUT2D eigenvalue weighted by Gasteiger charge is 2.64. The first-order valence-corrected chi connectivity index (χ1v) is 10.5. The molecular weight excluding hydrogens is 395 g/mol. The summed E-state index contributed by atoms with van der Waals surface area (Å²) in [5.41, 5.74) is 1.000. The number of aliphatic hydroxyl groups excluding tert-OH is 1. The summed E-state index contributed by atoms with van der Waals surface area (Å²) in [5, 5.41) is 35.0. The van der Waals surface area contributed by atoms with Crippen LogP contribution in [-0.2, 0) is 4.79 Å². The molecule has 2 unspecified atom stereocenters. The Bertz CT molecular complexity index is 935. The lowest BCUT2D eigenvalue weighted by atomic mass is 9.72. The number of aliphatic hydroxyl groups is 1. The molecule has 0 aromatic heterocycles. The van der Waals surface area contributed by atoms with E-state index < -0.39 is 36.5 Å². The van der Waals surface area contributed by atoms with E-state index in [1.54, 1.807) is 18.2 Å². The van der Waals surface area contributed by atoms with Gasteiger partial charge in [0.05, 0.1) is 11.5 Å². The molecule has 1 aliphatic rings. The third kappa shape index (κ3) is 4.98. The second-order valence-electron chi connectivity index (χ2n) is 8.60. The lowest BCUT2D eigenvalue weighted by Gasteiger charge is -2.26. The number of hydrogen-bond donors (Lipinski definition) is 5. The van der Waals surface area contributed by atoms with Crippen molar-refractivity contribution in [2.45, 2.75) is 44.8 Å². The molecule has 0 saturated heterocycles. The standard InChI is InChI=1S/C23H29BN2O5/c1-14(2)19-13-23(19,24(30)31)26-22(29)20(15(3)27)25-21(28)18-11-7-10-17(12-18)16-8-5-4-6-9-16/h4-12,14-15,19-20,27,30-31H,13H2,1-3H3,(H,25,28)(H,26,29)/t15-,19?,20+,23?/m1/s1. The molecule has 1 aliphatic carbocycles. The predicted octanol–water partition coefficient (Wildman–Crippen LogP) is 1.38. The fourth-order valence-electron chi connectivity index (χ4n) is 4.05. The van der Waals surface area contributed by atoms with Crippen molar-refractivity contribution >= 4 is 18.9 Å². The van der Waals surface area contributed by atoms with Crippen LogP contribution in [0.2, 0.25) is 0 Å². The molecule has 0 heterocycles. The Morgan fingerprint density at radius 2 is 1.68 bits per heavy atom. The Morgan fingerprint density at radius 1 is 1.03 bits per heavy atom. The molecule has 0 aliphatic heterocycles. The minimum absolute atomic E-state index is 0.0932. The normalized spacial score (nSPS) is 21.8. The average molecular weight is 424 g/mol. The monoisotopic (exact) mass is 424 g/mol. The van der Waals surface area contributed by atoms with Crippen molar-refractivity contribution in [3.05, 3.63) is 60.2 Å². The minimum atomic E-state index is -1.73. The molecule has 0 radical (unpaired) electrons. The molecular formula is C23H29BN2O5. The highest BCUT2D eigenvalue weighted by atomic mass is 16.4. The zero-order chi connectivity index (χ0) is 22.8. The van der Waals surface area contributed by atoms with Gasteiger partial charge in [0.1, 0.15) is 6.04 Å². The Balaban J connectivity index is 1.75. The first kappa shape index (κ1) is 23.0. The van der Waals surface area contributed by atoms with Gasteiger partial charge in [0, 0.05) is 5.56 Å². The summed E-state index contributed by atoms with van der Waals surface area (Å²) in [4.78, 5) is 25.7. The molecule has 0 bridgehead atoms. The largest absolute Gasteiger partial charge is 0.479 e. The Hall–Kier alpha value is -2.68. The van der Waals surface area contributed by atoms with Gasteiger partial charge in [0.15, 0.2) is 0 Å². The van der Waals surface area contributed by atoms with E-state index in [4.69, 9.17) is 0 Å². The molecule has 8 heteroatoms. The molecule has 2 aromatic carbocycles. The topological polar surface area (TPSA) is 119 Å². The van der Waals surface area contributed by atoms with Gasteiger partial charge in [-0.1, -0.05) is 56.3 Å². The minimum Gasteiger partial charge on any atom is -0.426 e. The van der Waals surface area contributed by atoms with Gasteiger partial charge in [-0.15, -0.1) is 0 Å². The quantitative estimate of drug-likeness (QED) is 0.411. The molecule has 2 amide bonds. The second-order valence-corrected chi connectivity index (χ2v) is 8.60. The molecule has 2 aromatic rings. The first-order chi connectivity index (χ1) is 14.7. The lowest BCUT2D eigenvalue weighted by Crippen LogP contribution is -2.59. The summed E-state index contributed by atoms with van der Waals surface area (Å²) in [6.45, 7) is 5.28. The Morgan fingerprint density at radius 3 is 2.23 bits per heavy atom. The number of carbonyl (C=O) groups excluding carboxylic acids is 2. The molecule has 164 valence electrons. The summed E-state index contributed by atoms with van der Waals surface area (Å²) in [6.07, 6.45) is -0.751. The average Bonchev–Trinajstić information content (AvgIpc) is 3.48. The van der Waals surface area contributed by atoms with Crippen molar-refractivity contribution in [3.8, 4) is 11.1 Å². The van der Waals surface area contributed by atoms with E-state index in [1.807, 2.05) is 50.2 Å². The second kappa shape index (κ2) is 9.22. The predicted molar refractivity (Wildman–Crippen MR) is 119 cm³/mol. The number of nitrogens with one attached hydrogen (secondary N) is 2. The maximum Gasteiger partial charge on any atom is 0.479 e. The van der Waals surface area contributed by atoms with Gasteiger partial charge in [-0.05, 0) is 48.4 Å². The highest BCUT2D eigenvalue weighted by molar-refractivity contribution is 6.47. The van der Waals surface area contributed by atoms with Crippen LogP contribution in [0.5, 0.6) is 0 Å². The van der Waals surface area contributed by atoms with Crippen LogP contribution in [0.15, 0.2) is 54.6 Å². The smallest absolute Gasteiger partial charge is 0.426 e. The summed E-state index contributed by atoms with van der Waals surface area (Å²) in [6, 6.07) is 15.3. The first-order valence-electron chi connectivity index (χ1n) is 10.5. The van der Waals surface area contributed by atoms with Crippen molar-refractivity contribution in [2.75, 3.05) is 0 Å². The van der Waals surface area contributed by atoms with Gasteiger partial charge in [0.2, 0.25) is 5.91 Å². The Kier molecular flexibility index (Phi) is 6.84. The Labute approximate surface area is 182 Å². The van der Waals surface area contributed by atoms with Crippen LogP contribution >= 0.6 is 0 Å². The molecule has 7 nitrogen and oxygen atoms in total. The SMILES string of the molecule is CC(C)C1CC1(NC(=O)[C@@H](NC(=O)c1cccc(-c2ccccc2)c1)[C@@H](C)O)B(O)O. The highest BCUT2D eigenvalue weighted by Crippen LogP contribution is 2.49. The van der Waals surface area contributed by atoms with E-state index in [-0.39, 0.29) is 11.8 Å². The van der Waals surface area contributed by atoms with Crippen molar-refractivity contribution in [1.82, 2.24) is 10.6 Å². The molecule has 4 atom stereocenters. The maximum absolute atomic E-state index is 12.9.